The Labute approximate surface area is 178 Å². The molecule has 0 spiro atoms. The van der Waals surface area contributed by atoms with Gasteiger partial charge in [0.1, 0.15) is 5.82 Å². The number of nitrogens with one attached hydrogen (secondary N) is 1. The summed E-state index contributed by atoms with van der Waals surface area (Å²) in [4.78, 5) is 23.0. The number of benzene rings is 2. The van der Waals surface area contributed by atoms with Gasteiger partial charge in [0.25, 0.3) is 11.6 Å². The maximum Gasteiger partial charge on any atom is 0.416 e. The van der Waals surface area contributed by atoms with Crippen molar-refractivity contribution in [1.82, 2.24) is 9.78 Å². The van der Waals surface area contributed by atoms with Crippen molar-refractivity contribution in [2.75, 3.05) is 5.32 Å². The first-order valence-corrected chi connectivity index (χ1v) is 10.8. The molecular formula is C19H13F3N4O5S. The van der Waals surface area contributed by atoms with E-state index in [1.165, 1.54) is 28.9 Å². The molecule has 0 saturated carbocycles. The third-order valence-corrected chi connectivity index (χ3v) is 6.24. The van der Waals surface area contributed by atoms with Gasteiger partial charge in [-0.3, -0.25) is 14.9 Å². The Balaban J connectivity index is 1.71. The van der Waals surface area contributed by atoms with Gasteiger partial charge in [0.2, 0.25) is 0 Å². The highest BCUT2D eigenvalue weighted by molar-refractivity contribution is 7.90. The zero-order chi connectivity index (χ0) is 23.3. The van der Waals surface area contributed by atoms with Gasteiger partial charge in [-0.2, -0.15) is 18.3 Å². The van der Waals surface area contributed by atoms with Crippen LogP contribution in [0.1, 0.15) is 27.2 Å². The molecule has 0 fully saturated rings. The smallest absolute Gasteiger partial charge is 0.306 e. The summed E-state index contributed by atoms with van der Waals surface area (Å²) in [5, 5.41) is 17.6. The molecule has 4 rings (SSSR count). The quantitative estimate of drug-likeness (QED) is 0.464. The molecule has 1 N–H and O–H groups in total. The maximum atomic E-state index is 12.8. The lowest BCUT2D eigenvalue weighted by Crippen LogP contribution is -2.17. The number of nitro groups is 1. The van der Waals surface area contributed by atoms with Crippen LogP contribution in [0.15, 0.2) is 48.5 Å². The van der Waals surface area contributed by atoms with Crippen molar-refractivity contribution in [2.24, 2.45) is 0 Å². The number of non-ortho nitro benzene ring substituents is 1. The summed E-state index contributed by atoms with van der Waals surface area (Å²) in [6.07, 6.45) is -4.56. The number of nitro benzene ring substituents is 1. The fourth-order valence-electron chi connectivity index (χ4n) is 3.26. The molecule has 0 radical (unpaired) electrons. The molecule has 1 aliphatic heterocycles. The Morgan fingerprint density at radius 3 is 2.25 bits per heavy atom. The summed E-state index contributed by atoms with van der Waals surface area (Å²) in [5.74, 6) is -1.46. The molecule has 1 aromatic heterocycles. The second-order valence-electron chi connectivity index (χ2n) is 7.02. The van der Waals surface area contributed by atoms with Gasteiger partial charge < -0.3 is 5.32 Å². The van der Waals surface area contributed by atoms with Crippen LogP contribution in [0.2, 0.25) is 0 Å². The predicted octanol–water partition coefficient (Wildman–Crippen LogP) is 3.48. The van der Waals surface area contributed by atoms with E-state index in [2.05, 4.69) is 10.4 Å². The molecule has 9 nitrogen and oxygen atoms in total. The second-order valence-corrected chi connectivity index (χ2v) is 9.09. The molecule has 2 heterocycles. The number of halogens is 3. The number of amides is 1. The minimum atomic E-state index is -4.56. The third kappa shape index (κ3) is 4.06. The van der Waals surface area contributed by atoms with Gasteiger partial charge in [0.05, 0.1) is 33.4 Å². The van der Waals surface area contributed by atoms with Crippen LogP contribution in [0.25, 0.3) is 5.69 Å². The van der Waals surface area contributed by atoms with E-state index in [0.717, 1.165) is 24.3 Å². The van der Waals surface area contributed by atoms with E-state index in [0.29, 0.717) is 5.69 Å². The highest BCUT2D eigenvalue weighted by Gasteiger charge is 2.34. The molecule has 0 unspecified atom stereocenters. The van der Waals surface area contributed by atoms with Gasteiger partial charge in [-0.05, 0) is 36.4 Å². The van der Waals surface area contributed by atoms with E-state index in [4.69, 9.17) is 0 Å². The van der Waals surface area contributed by atoms with E-state index >= 15 is 0 Å². The van der Waals surface area contributed by atoms with Crippen molar-refractivity contribution in [1.29, 1.82) is 0 Å². The minimum absolute atomic E-state index is 0.0276. The van der Waals surface area contributed by atoms with Gasteiger partial charge in [0.15, 0.2) is 9.84 Å². The first-order chi connectivity index (χ1) is 14.9. The van der Waals surface area contributed by atoms with Crippen molar-refractivity contribution in [3.63, 3.8) is 0 Å². The minimum Gasteiger partial charge on any atom is -0.306 e. The Kier molecular flexibility index (Phi) is 5.00. The van der Waals surface area contributed by atoms with E-state index in [9.17, 15) is 36.5 Å². The standard InChI is InChI=1S/C19H13F3N4O5S/c20-19(21,22)12-3-1-11(2-4-12)18(27)23-17-15-9-32(30,31)10-16(15)24-25(17)13-5-7-14(8-6-13)26(28)29/h1-8H,9-10H2,(H,23,27). The van der Waals surface area contributed by atoms with Crippen LogP contribution in [0, 0.1) is 10.1 Å². The van der Waals surface area contributed by atoms with E-state index < -0.39 is 32.4 Å². The summed E-state index contributed by atoms with van der Waals surface area (Å²) in [5.41, 5.74) is -0.382. The van der Waals surface area contributed by atoms with Crippen LogP contribution < -0.4 is 5.32 Å². The first kappa shape index (κ1) is 21.5. The van der Waals surface area contributed by atoms with Gasteiger partial charge in [-0.15, -0.1) is 0 Å². The Bertz CT molecular complexity index is 1330. The zero-order valence-corrected chi connectivity index (χ0v) is 16.8. The lowest BCUT2D eigenvalue weighted by atomic mass is 10.1. The summed E-state index contributed by atoms with van der Waals surface area (Å²) in [6.45, 7) is 0. The molecule has 2 aromatic carbocycles. The van der Waals surface area contributed by atoms with Crippen LogP contribution in [0.4, 0.5) is 24.7 Å². The fraction of sp³-hybridized carbons (Fsp3) is 0.158. The number of carbonyl (C=O) groups is 1. The van der Waals surface area contributed by atoms with Crippen molar-refractivity contribution in [2.45, 2.75) is 17.7 Å². The Hall–Kier alpha value is -3.74. The van der Waals surface area contributed by atoms with E-state index in [-0.39, 0.29) is 39.8 Å². The number of alkyl halides is 3. The summed E-state index contributed by atoms with van der Waals surface area (Å²) in [6, 6.07) is 8.73. The molecule has 13 heteroatoms. The van der Waals surface area contributed by atoms with Crippen LogP contribution >= 0.6 is 0 Å². The van der Waals surface area contributed by atoms with E-state index in [1.54, 1.807) is 0 Å². The number of nitrogens with zero attached hydrogens (tertiary/aromatic N) is 3. The van der Waals surface area contributed by atoms with Crippen LogP contribution in [-0.4, -0.2) is 29.0 Å². The third-order valence-electron chi connectivity index (χ3n) is 4.80. The zero-order valence-electron chi connectivity index (χ0n) is 16.0. The SMILES string of the molecule is O=C(Nc1c2c(nn1-c1ccc([N+](=O)[O-])cc1)CS(=O)(=O)C2)c1ccc(C(F)(F)F)cc1. The lowest BCUT2D eigenvalue weighted by molar-refractivity contribution is -0.384. The van der Waals surface area contributed by atoms with Crippen molar-refractivity contribution >= 4 is 27.2 Å². The van der Waals surface area contributed by atoms with Crippen molar-refractivity contribution in [3.05, 3.63) is 81.0 Å². The second kappa shape index (κ2) is 7.44. The largest absolute Gasteiger partial charge is 0.416 e. The number of carbonyl (C=O) groups excluding carboxylic acids is 1. The molecule has 1 amide bonds. The Morgan fingerprint density at radius 1 is 1.06 bits per heavy atom. The van der Waals surface area contributed by atoms with E-state index in [1.807, 2.05) is 0 Å². The molecule has 0 atom stereocenters. The Morgan fingerprint density at radius 2 is 1.69 bits per heavy atom. The summed E-state index contributed by atoms with van der Waals surface area (Å²) in [7, 11) is -3.47. The number of anilines is 1. The number of hydrogen-bond acceptors (Lipinski definition) is 6. The first-order valence-electron chi connectivity index (χ1n) is 8.99. The number of aromatic nitrogens is 2. The fourth-order valence-corrected chi connectivity index (χ4v) is 4.76. The molecule has 166 valence electrons. The molecule has 0 aliphatic carbocycles. The van der Waals surface area contributed by atoms with Gasteiger partial charge >= 0.3 is 6.18 Å². The monoisotopic (exact) mass is 466 g/mol. The summed E-state index contributed by atoms with van der Waals surface area (Å²) >= 11 is 0. The predicted molar refractivity (Wildman–Crippen MR) is 106 cm³/mol. The molecular weight excluding hydrogens is 453 g/mol. The normalized spacial score (nSPS) is 14.7. The molecule has 0 bridgehead atoms. The average molecular weight is 466 g/mol. The van der Waals surface area contributed by atoms with Crippen LogP contribution in [0.3, 0.4) is 0 Å². The van der Waals surface area contributed by atoms with Crippen molar-refractivity contribution in [3.8, 4) is 5.69 Å². The van der Waals surface area contributed by atoms with Gasteiger partial charge in [-0.1, -0.05) is 0 Å². The summed E-state index contributed by atoms with van der Waals surface area (Å²) < 4.78 is 63.5. The molecule has 0 saturated heterocycles. The molecule has 3 aromatic rings. The lowest BCUT2D eigenvalue weighted by Gasteiger charge is -2.12. The highest BCUT2D eigenvalue weighted by Crippen LogP contribution is 2.34. The average Bonchev–Trinajstić information content (AvgIpc) is 3.20. The highest BCUT2D eigenvalue weighted by atomic mass is 32.2. The number of fused-ring (bicyclic) bond motifs is 1. The van der Waals surface area contributed by atoms with Crippen molar-refractivity contribution < 1.29 is 31.3 Å². The molecule has 32 heavy (non-hydrogen) atoms. The number of rotatable bonds is 4. The maximum absolute atomic E-state index is 12.8. The topological polar surface area (TPSA) is 124 Å². The van der Waals surface area contributed by atoms with Crippen LogP contribution in [0.5, 0.6) is 0 Å². The van der Waals surface area contributed by atoms with Gasteiger partial charge in [-0.25, -0.2) is 13.1 Å². The molecule has 1 aliphatic rings. The van der Waals surface area contributed by atoms with Crippen LogP contribution in [-0.2, 0) is 27.5 Å². The number of hydrogen-bond donors (Lipinski definition) is 1. The van der Waals surface area contributed by atoms with Gasteiger partial charge in [0, 0.05) is 23.3 Å². The number of sulfone groups is 1.